The molecule has 1 aromatic carbocycles. The largest absolute Gasteiger partial charge is 0.478 e. The Morgan fingerprint density at radius 3 is 2.67 bits per heavy atom. The molecule has 21 heavy (non-hydrogen) atoms. The average Bonchev–Trinajstić information content (AvgIpc) is 2.78. The van der Waals surface area contributed by atoms with Gasteiger partial charge in [-0.2, -0.15) is 0 Å². The van der Waals surface area contributed by atoms with Crippen LogP contribution >= 0.6 is 0 Å². The van der Waals surface area contributed by atoms with Crippen molar-refractivity contribution in [1.82, 2.24) is 14.5 Å². The second-order valence-corrected chi connectivity index (χ2v) is 5.20. The molecule has 2 aromatic rings. The molecule has 0 aliphatic rings. The Morgan fingerprint density at radius 1 is 1.33 bits per heavy atom. The number of aromatic carboxylic acids is 1. The number of benzene rings is 1. The number of nitrogens with zero attached hydrogens (tertiary/aromatic N) is 3. The second-order valence-electron chi connectivity index (χ2n) is 5.20. The summed E-state index contributed by atoms with van der Waals surface area (Å²) in [5, 5.41) is 9.04. The van der Waals surface area contributed by atoms with E-state index in [4.69, 9.17) is 5.11 Å². The van der Waals surface area contributed by atoms with Crippen LogP contribution in [0.3, 0.4) is 0 Å². The molecule has 5 heteroatoms. The van der Waals surface area contributed by atoms with E-state index in [1.165, 1.54) is 0 Å². The minimum absolute atomic E-state index is 0.287. The zero-order chi connectivity index (χ0) is 15.4. The topological polar surface area (TPSA) is 58.4 Å². The maximum absolute atomic E-state index is 11.0. The fraction of sp³-hybridized carbons (Fsp3) is 0.500. The van der Waals surface area contributed by atoms with Gasteiger partial charge in [0, 0.05) is 6.54 Å². The van der Waals surface area contributed by atoms with E-state index in [0.717, 1.165) is 49.5 Å². The van der Waals surface area contributed by atoms with Crippen LogP contribution in [0.15, 0.2) is 18.2 Å². The summed E-state index contributed by atoms with van der Waals surface area (Å²) in [4.78, 5) is 17.9. The highest BCUT2D eigenvalue weighted by Crippen LogP contribution is 2.18. The number of aromatic nitrogens is 2. The van der Waals surface area contributed by atoms with Gasteiger partial charge in [-0.3, -0.25) is 0 Å². The van der Waals surface area contributed by atoms with Crippen molar-refractivity contribution in [2.45, 2.75) is 33.7 Å². The molecule has 0 amide bonds. The van der Waals surface area contributed by atoms with Crippen molar-refractivity contribution >= 4 is 17.0 Å². The number of carboxylic acids is 1. The Bertz CT molecular complexity index is 630. The van der Waals surface area contributed by atoms with E-state index in [0.29, 0.717) is 0 Å². The molecule has 0 spiro atoms. The van der Waals surface area contributed by atoms with Gasteiger partial charge >= 0.3 is 5.97 Å². The van der Waals surface area contributed by atoms with E-state index in [-0.39, 0.29) is 5.56 Å². The van der Waals surface area contributed by atoms with Gasteiger partial charge in [-0.1, -0.05) is 13.8 Å². The van der Waals surface area contributed by atoms with Gasteiger partial charge in [0.2, 0.25) is 0 Å². The lowest BCUT2D eigenvalue weighted by atomic mass is 10.2. The van der Waals surface area contributed by atoms with Crippen molar-refractivity contribution in [2.24, 2.45) is 0 Å². The van der Waals surface area contributed by atoms with Gasteiger partial charge < -0.3 is 14.6 Å². The molecule has 5 nitrogen and oxygen atoms in total. The number of fused-ring (bicyclic) bond motifs is 1. The van der Waals surface area contributed by atoms with Crippen LogP contribution in [0.4, 0.5) is 0 Å². The standard InChI is InChI=1S/C16H23N3O2/c1-4-18(5-2)9-6-10-19-12(3)17-14-11-13(16(20)21)7-8-15(14)19/h7-8,11H,4-6,9-10H2,1-3H3,(H,20,21). The molecular formula is C16H23N3O2. The van der Waals surface area contributed by atoms with Crippen LogP contribution in [0.1, 0.15) is 36.5 Å². The molecule has 1 heterocycles. The third-order valence-electron chi connectivity index (χ3n) is 3.94. The van der Waals surface area contributed by atoms with Crippen molar-refractivity contribution in [3.63, 3.8) is 0 Å². The molecule has 0 atom stereocenters. The zero-order valence-electron chi connectivity index (χ0n) is 13.0. The zero-order valence-corrected chi connectivity index (χ0v) is 13.0. The summed E-state index contributed by atoms with van der Waals surface area (Å²) in [5.74, 6) is 0.0257. The van der Waals surface area contributed by atoms with Crippen molar-refractivity contribution in [2.75, 3.05) is 19.6 Å². The normalized spacial score (nSPS) is 11.4. The molecule has 1 N–H and O–H groups in total. The summed E-state index contributed by atoms with van der Waals surface area (Å²) in [6.07, 6.45) is 1.06. The minimum Gasteiger partial charge on any atom is -0.478 e. The van der Waals surface area contributed by atoms with Crippen LogP contribution in [0.2, 0.25) is 0 Å². The van der Waals surface area contributed by atoms with Gasteiger partial charge in [0.05, 0.1) is 16.6 Å². The number of carboxylic acid groups (broad SMARTS) is 1. The van der Waals surface area contributed by atoms with Crippen LogP contribution in [-0.4, -0.2) is 45.2 Å². The fourth-order valence-electron chi connectivity index (χ4n) is 2.66. The molecule has 0 aliphatic heterocycles. The summed E-state index contributed by atoms with van der Waals surface area (Å²) in [6.45, 7) is 10.4. The highest BCUT2D eigenvalue weighted by atomic mass is 16.4. The Hall–Kier alpha value is -1.88. The van der Waals surface area contributed by atoms with Gasteiger partial charge in [0.15, 0.2) is 0 Å². The predicted molar refractivity (Wildman–Crippen MR) is 83.8 cm³/mol. The summed E-state index contributed by atoms with van der Waals surface area (Å²) in [6, 6.07) is 5.15. The summed E-state index contributed by atoms with van der Waals surface area (Å²) >= 11 is 0. The number of carbonyl (C=O) groups is 1. The quantitative estimate of drug-likeness (QED) is 0.851. The van der Waals surface area contributed by atoms with E-state index in [1.807, 2.05) is 13.0 Å². The van der Waals surface area contributed by atoms with Gasteiger partial charge in [0.1, 0.15) is 5.82 Å². The fourth-order valence-corrected chi connectivity index (χ4v) is 2.66. The lowest BCUT2D eigenvalue weighted by Gasteiger charge is -2.18. The predicted octanol–water partition coefficient (Wildman–Crippen LogP) is 2.77. The molecule has 0 saturated heterocycles. The molecule has 0 radical (unpaired) electrons. The molecule has 114 valence electrons. The highest BCUT2D eigenvalue weighted by molar-refractivity contribution is 5.92. The Balaban J connectivity index is 2.16. The maximum Gasteiger partial charge on any atom is 0.335 e. The monoisotopic (exact) mass is 289 g/mol. The smallest absolute Gasteiger partial charge is 0.335 e. The highest BCUT2D eigenvalue weighted by Gasteiger charge is 2.10. The van der Waals surface area contributed by atoms with E-state index in [9.17, 15) is 4.79 Å². The Morgan fingerprint density at radius 2 is 2.05 bits per heavy atom. The third kappa shape index (κ3) is 3.42. The first-order valence-corrected chi connectivity index (χ1v) is 7.49. The SMILES string of the molecule is CCN(CC)CCCn1c(C)nc2cc(C(=O)O)ccc21. The average molecular weight is 289 g/mol. The first-order chi connectivity index (χ1) is 10.1. The van der Waals surface area contributed by atoms with Crippen LogP contribution in [0, 0.1) is 6.92 Å². The second kappa shape index (κ2) is 6.72. The molecule has 0 aliphatic carbocycles. The maximum atomic E-state index is 11.0. The minimum atomic E-state index is -0.911. The number of rotatable bonds is 7. The van der Waals surface area contributed by atoms with Crippen molar-refractivity contribution in [1.29, 1.82) is 0 Å². The number of aryl methyl sites for hydroxylation is 2. The molecule has 0 fully saturated rings. The molecule has 1 aromatic heterocycles. The van der Waals surface area contributed by atoms with Crippen LogP contribution in [0.25, 0.3) is 11.0 Å². The lowest BCUT2D eigenvalue weighted by molar-refractivity contribution is 0.0697. The third-order valence-corrected chi connectivity index (χ3v) is 3.94. The summed E-state index contributed by atoms with van der Waals surface area (Å²) in [5.41, 5.74) is 2.06. The number of hydrogen-bond donors (Lipinski definition) is 1. The van der Waals surface area contributed by atoms with Crippen molar-refractivity contribution in [3.05, 3.63) is 29.6 Å². The molecule has 2 rings (SSSR count). The van der Waals surface area contributed by atoms with E-state index in [1.54, 1.807) is 12.1 Å². The lowest BCUT2D eigenvalue weighted by Crippen LogP contribution is -2.24. The van der Waals surface area contributed by atoms with E-state index < -0.39 is 5.97 Å². The molecule has 0 bridgehead atoms. The van der Waals surface area contributed by atoms with Crippen molar-refractivity contribution < 1.29 is 9.90 Å². The van der Waals surface area contributed by atoms with E-state index >= 15 is 0 Å². The first kappa shape index (κ1) is 15.5. The Kier molecular flexibility index (Phi) is 4.96. The summed E-state index contributed by atoms with van der Waals surface area (Å²) in [7, 11) is 0. The number of imidazole rings is 1. The van der Waals surface area contributed by atoms with Crippen LogP contribution in [-0.2, 0) is 6.54 Å². The van der Waals surface area contributed by atoms with Crippen LogP contribution in [0.5, 0.6) is 0 Å². The van der Waals surface area contributed by atoms with Crippen LogP contribution < -0.4 is 0 Å². The molecule has 0 unspecified atom stereocenters. The summed E-state index contributed by atoms with van der Waals surface area (Å²) < 4.78 is 2.17. The molecular weight excluding hydrogens is 266 g/mol. The number of hydrogen-bond acceptors (Lipinski definition) is 3. The van der Waals surface area contributed by atoms with Gasteiger partial charge in [0.25, 0.3) is 0 Å². The van der Waals surface area contributed by atoms with Gasteiger partial charge in [-0.15, -0.1) is 0 Å². The first-order valence-electron chi connectivity index (χ1n) is 7.49. The van der Waals surface area contributed by atoms with E-state index in [2.05, 4.69) is 28.3 Å². The molecule has 0 saturated carbocycles. The van der Waals surface area contributed by atoms with Crippen molar-refractivity contribution in [3.8, 4) is 0 Å². The van der Waals surface area contributed by atoms with Gasteiger partial charge in [-0.25, -0.2) is 9.78 Å². The van der Waals surface area contributed by atoms with Gasteiger partial charge in [-0.05, 0) is 51.2 Å². The Labute approximate surface area is 125 Å².